The summed E-state index contributed by atoms with van der Waals surface area (Å²) in [5.41, 5.74) is 5.87. The molecule has 0 radical (unpaired) electrons. The zero-order chi connectivity index (χ0) is 17.1. The first kappa shape index (κ1) is 16.9. The summed E-state index contributed by atoms with van der Waals surface area (Å²) in [6.45, 7) is 5.82. The van der Waals surface area contributed by atoms with Gasteiger partial charge in [-0.1, -0.05) is 28.1 Å². The Morgan fingerprint density at radius 1 is 1.21 bits per heavy atom. The zero-order valence-corrected chi connectivity index (χ0v) is 15.8. The molecule has 0 atom stereocenters. The molecule has 2 heterocycles. The van der Waals surface area contributed by atoms with Gasteiger partial charge < -0.3 is 10.3 Å². The molecule has 0 unspecified atom stereocenters. The van der Waals surface area contributed by atoms with Crippen molar-refractivity contribution in [3.63, 3.8) is 0 Å². The van der Waals surface area contributed by atoms with Gasteiger partial charge in [-0.2, -0.15) is 5.10 Å². The average Bonchev–Trinajstić information content (AvgIpc) is 3.12. The number of halogens is 1. The van der Waals surface area contributed by atoms with E-state index in [0.717, 1.165) is 46.8 Å². The summed E-state index contributed by atoms with van der Waals surface area (Å²) in [7, 11) is 1.99. The summed E-state index contributed by atoms with van der Waals surface area (Å²) >= 11 is 3.45. The van der Waals surface area contributed by atoms with Crippen molar-refractivity contribution in [3.8, 4) is 11.3 Å². The first-order valence-corrected chi connectivity index (χ1v) is 8.83. The van der Waals surface area contributed by atoms with E-state index in [0.29, 0.717) is 0 Å². The van der Waals surface area contributed by atoms with Gasteiger partial charge in [0.05, 0.1) is 24.1 Å². The van der Waals surface area contributed by atoms with E-state index < -0.39 is 0 Å². The van der Waals surface area contributed by atoms with Crippen molar-refractivity contribution >= 4 is 15.9 Å². The van der Waals surface area contributed by atoms with Gasteiger partial charge in [0.2, 0.25) is 0 Å². The van der Waals surface area contributed by atoms with E-state index in [1.165, 1.54) is 11.3 Å². The molecule has 0 bridgehead atoms. The van der Waals surface area contributed by atoms with Gasteiger partial charge in [0, 0.05) is 17.2 Å². The molecule has 5 nitrogen and oxygen atoms in total. The maximum Gasteiger partial charge on any atom is 0.120 e. The molecule has 0 amide bonds. The molecule has 2 N–H and O–H groups in total. The Balaban J connectivity index is 1.53. The second-order valence-corrected chi connectivity index (χ2v) is 6.87. The third-order valence-electron chi connectivity index (χ3n) is 4.29. The normalized spacial score (nSPS) is 11.2. The largest absolute Gasteiger partial charge is 0.341 e. The maximum atomic E-state index is 4.46. The van der Waals surface area contributed by atoms with Crippen LogP contribution in [0.5, 0.6) is 0 Å². The number of aromatic nitrogens is 4. The number of nitrogens with one attached hydrogen (secondary N) is 2. The molecule has 0 aliphatic carbocycles. The van der Waals surface area contributed by atoms with Crippen LogP contribution >= 0.6 is 15.9 Å². The van der Waals surface area contributed by atoms with Crippen molar-refractivity contribution in [2.75, 3.05) is 6.54 Å². The Kier molecular flexibility index (Phi) is 5.16. The second kappa shape index (κ2) is 7.32. The summed E-state index contributed by atoms with van der Waals surface area (Å²) in [6, 6.07) is 8.21. The minimum absolute atomic E-state index is 0.731. The Hall–Kier alpha value is -1.92. The number of rotatable bonds is 6. The molecule has 126 valence electrons. The van der Waals surface area contributed by atoms with Crippen LogP contribution in [0, 0.1) is 13.8 Å². The van der Waals surface area contributed by atoms with E-state index in [-0.39, 0.29) is 0 Å². The molecule has 0 saturated heterocycles. The van der Waals surface area contributed by atoms with Crippen LogP contribution in [0.25, 0.3) is 11.3 Å². The lowest BCUT2D eigenvalue weighted by Crippen LogP contribution is -2.18. The molecule has 6 heteroatoms. The van der Waals surface area contributed by atoms with Crippen LogP contribution in [0.4, 0.5) is 0 Å². The van der Waals surface area contributed by atoms with Crippen LogP contribution in [0.1, 0.15) is 22.8 Å². The van der Waals surface area contributed by atoms with Gasteiger partial charge in [-0.3, -0.25) is 4.68 Å². The molecule has 3 aromatic rings. The summed E-state index contributed by atoms with van der Waals surface area (Å²) in [5, 5.41) is 7.91. The molecular formula is C18H22BrN5. The van der Waals surface area contributed by atoms with E-state index in [9.17, 15) is 0 Å². The third kappa shape index (κ3) is 3.76. The minimum Gasteiger partial charge on any atom is -0.341 e. The summed E-state index contributed by atoms with van der Waals surface area (Å²) in [4.78, 5) is 7.82. The number of imidazole rings is 1. The van der Waals surface area contributed by atoms with Crippen LogP contribution < -0.4 is 5.32 Å². The molecular weight excluding hydrogens is 366 g/mol. The van der Waals surface area contributed by atoms with Gasteiger partial charge in [-0.05, 0) is 50.1 Å². The summed E-state index contributed by atoms with van der Waals surface area (Å²) in [6.07, 6.45) is 2.86. The number of aromatic amines is 1. The second-order valence-electron chi connectivity index (χ2n) is 5.95. The molecule has 1 aromatic carbocycles. The molecule has 0 aliphatic rings. The van der Waals surface area contributed by atoms with Crippen LogP contribution in [0.2, 0.25) is 0 Å². The molecule has 0 spiro atoms. The Bertz CT molecular complexity index is 817. The smallest absolute Gasteiger partial charge is 0.120 e. The van der Waals surface area contributed by atoms with Crippen molar-refractivity contribution in [2.45, 2.75) is 26.8 Å². The van der Waals surface area contributed by atoms with E-state index in [4.69, 9.17) is 0 Å². The topological polar surface area (TPSA) is 58.5 Å². The number of benzene rings is 1. The first-order valence-electron chi connectivity index (χ1n) is 8.04. The van der Waals surface area contributed by atoms with Gasteiger partial charge in [-0.15, -0.1) is 0 Å². The van der Waals surface area contributed by atoms with Crippen molar-refractivity contribution < 1.29 is 0 Å². The molecule has 2 aromatic heterocycles. The molecule has 0 fully saturated rings. The minimum atomic E-state index is 0.731. The average molecular weight is 388 g/mol. The van der Waals surface area contributed by atoms with Gasteiger partial charge in [0.1, 0.15) is 5.82 Å². The van der Waals surface area contributed by atoms with Crippen molar-refractivity contribution in [1.29, 1.82) is 0 Å². The predicted molar refractivity (Wildman–Crippen MR) is 99.8 cm³/mol. The fraction of sp³-hybridized carbons (Fsp3) is 0.333. The highest BCUT2D eigenvalue weighted by molar-refractivity contribution is 9.10. The highest BCUT2D eigenvalue weighted by atomic mass is 79.9. The van der Waals surface area contributed by atoms with E-state index >= 15 is 0 Å². The highest BCUT2D eigenvalue weighted by Gasteiger charge is 2.09. The van der Waals surface area contributed by atoms with E-state index in [1.54, 1.807) is 0 Å². The number of H-pyrrole nitrogens is 1. The third-order valence-corrected chi connectivity index (χ3v) is 4.82. The number of aryl methyl sites for hydroxylation is 2. The van der Waals surface area contributed by atoms with Crippen LogP contribution in [-0.4, -0.2) is 26.3 Å². The lowest BCUT2D eigenvalue weighted by Gasteiger charge is -2.04. The van der Waals surface area contributed by atoms with Gasteiger partial charge in [0.25, 0.3) is 0 Å². The van der Waals surface area contributed by atoms with E-state index in [2.05, 4.69) is 62.3 Å². The monoisotopic (exact) mass is 387 g/mol. The maximum absolute atomic E-state index is 4.46. The molecule has 3 rings (SSSR count). The molecule has 0 aliphatic heterocycles. The summed E-state index contributed by atoms with van der Waals surface area (Å²) < 4.78 is 3.02. The number of nitrogens with zero attached hydrogens (tertiary/aromatic N) is 3. The fourth-order valence-corrected chi connectivity index (χ4v) is 3.09. The standard InChI is InChI=1S/C18H22BrN5/c1-12-16(13(2)24(3)23-12)8-9-20-11-18-21-10-17(22-18)14-4-6-15(19)7-5-14/h4-7,10,20H,8-9,11H2,1-3H3,(H,21,22). The Labute approximate surface area is 150 Å². The quantitative estimate of drug-likeness (QED) is 0.636. The highest BCUT2D eigenvalue weighted by Crippen LogP contribution is 2.20. The lowest BCUT2D eigenvalue weighted by molar-refractivity contribution is 0.662. The van der Waals surface area contributed by atoms with Crippen molar-refractivity contribution in [2.24, 2.45) is 7.05 Å². The lowest BCUT2D eigenvalue weighted by atomic mass is 10.1. The fourth-order valence-electron chi connectivity index (χ4n) is 2.83. The predicted octanol–water partition coefficient (Wildman–Crippen LogP) is 3.52. The van der Waals surface area contributed by atoms with Crippen molar-refractivity contribution in [3.05, 3.63) is 57.7 Å². The molecule has 0 saturated carbocycles. The first-order chi connectivity index (χ1) is 11.5. The van der Waals surface area contributed by atoms with E-state index in [1.807, 2.05) is 30.1 Å². The SMILES string of the molecule is Cc1nn(C)c(C)c1CCNCc1ncc(-c2ccc(Br)cc2)[nH]1. The summed E-state index contributed by atoms with van der Waals surface area (Å²) in [5.74, 6) is 0.951. The Morgan fingerprint density at radius 3 is 2.62 bits per heavy atom. The van der Waals surface area contributed by atoms with Crippen LogP contribution in [0.3, 0.4) is 0 Å². The van der Waals surface area contributed by atoms with Crippen LogP contribution in [0.15, 0.2) is 34.9 Å². The van der Waals surface area contributed by atoms with Gasteiger partial charge in [0.15, 0.2) is 0 Å². The Morgan fingerprint density at radius 2 is 1.96 bits per heavy atom. The van der Waals surface area contributed by atoms with Gasteiger partial charge >= 0.3 is 0 Å². The van der Waals surface area contributed by atoms with Crippen LogP contribution in [-0.2, 0) is 20.0 Å². The van der Waals surface area contributed by atoms with Crippen molar-refractivity contribution in [1.82, 2.24) is 25.1 Å². The number of hydrogen-bond donors (Lipinski definition) is 2. The number of hydrogen-bond acceptors (Lipinski definition) is 3. The van der Waals surface area contributed by atoms with Gasteiger partial charge in [-0.25, -0.2) is 4.98 Å². The molecule has 24 heavy (non-hydrogen) atoms. The zero-order valence-electron chi connectivity index (χ0n) is 14.2.